The van der Waals surface area contributed by atoms with Crippen LogP contribution < -0.4 is 5.32 Å². The predicted octanol–water partition coefficient (Wildman–Crippen LogP) is 3.77. The van der Waals surface area contributed by atoms with Crippen LogP contribution in [0.1, 0.15) is 22.3 Å². The van der Waals surface area contributed by atoms with Crippen LogP contribution in [0.5, 0.6) is 0 Å². The van der Waals surface area contributed by atoms with E-state index in [1.807, 2.05) is 25.1 Å². The van der Waals surface area contributed by atoms with Crippen LogP contribution in [-0.4, -0.2) is 16.1 Å². The number of amides is 1. The summed E-state index contributed by atoms with van der Waals surface area (Å²) in [6, 6.07) is 5.70. The molecular weight excluding hydrogens is 338 g/mol. The fraction of sp³-hybridized carbons (Fsp3) is 0.182. The van der Waals surface area contributed by atoms with Gasteiger partial charge in [-0.2, -0.15) is 0 Å². The Bertz CT molecular complexity index is 587. The van der Waals surface area contributed by atoms with E-state index in [1.165, 1.54) is 0 Å². The number of rotatable bonds is 3. The van der Waals surface area contributed by atoms with Gasteiger partial charge in [0.25, 0.3) is 5.91 Å². The summed E-state index contributed by atoms with van der Waals surface area (Å²) in [7, 11) is 0. The first-order valence-corrected chi connectivity index (χ1v) is 7.17. The second kappa shape index (κ2) is 5.77. The fourth-order valence-corrected chi connectivity index (χ4v) is 2.58. The zero-order chi connectivity index (χ0) is 13.1. The van der Waals surface area contributed by atoms with Crippen molar-refractivity contribution >= 4 is 50.5 Å². The number of benzene rings is 1. The molecule has 0 aliphatic rings. The Labute approximate surface area is 122 Å². The van der Waals surface area contributed by atoms with Gasteiger partial charge in [0.2, 0.25) is 9.47 Å². The van der Waals surface area contributed by atoms with Crippen LogP contribution in [0.25, 0.3) is 0 Å². The van der Waals surface area contributed by atoms with Crippen molar-refractivity contribution in [3.05, 3.63) is 37.7 Å². The van der Waals surface area contributed by atoms with Crippen molar-refractivity contribution in [2.45, 2.75) is 13.3 Å². The molecule has 1 aromatic heterocycles. The minimum atomic E-state index is -0.295. The smallest absolute Gasteiger partial charge is 0.286 e. The molecule has 4 nitrogen and oxygen atoms in total. The molecule has 0 aliphatic heterocycles. The second-order valence-corrected chi connectivity index (χ2v) is 5.94. The van der Waals surface area contributed by atoms with E-state index >= 15 is 0 Å². The molecule has 1 N–H and O–H groups in total. The van der Waals surface area contributed by atoms with E-state index < -0.39 is 0 Å². The van der Waals surface area contributed by atoms with E-state index in [0.717, 1.165) is 33.5 Å². The molecule has 0 unspecified atom stereocenters. The van der Waals surface area contributed by atoms with Gasteiger partial charge < -0.3 is 5.32 Å². The van der Waals surface area contributed by atoms with Gasteiger partial charge in [0, 0.05) is 10.2 Å². The summed E-state index contributed by atoms with van der Waals surface area (Å²) in [5.74, 6) is -0.295. The summed E-state index contributed by atoms with van der Waals surface area (Å²) >= 11 is 10.1. The number of nitrogens with one attached hydrogen (secondary N) is 1. The normalized spacial score (nSPS) is 10.4. The number of hydrogen-bond acceptors (Lipinski definition) is 4. The van der Waals surface area contributed by atoms with Crippen molar-refractivity contribution in [2.24, 2.45) is 0 Å². The van der Waals surface area contributed by atoms with Gasteiger partial charge in [-0.3, -0.25) is 4.79 Å². The maximum absolute atomic E-state index is 11.9. The number of carbonyl (C=O) groups excluding carboxylic acids is 1. The molecule has 0 radical (unpaired) electrons. The monoisotopic (exact) mass is 345 g/mol. The molecular formula is C11H9BrClN3OS. The Kier molecular flexibility index (Phi) is 4.31. The van der Waals surface area contributed by atoms with Crippen molar-refractivity contribution in [2.75, 3.05) is 5.32 Å². The van der Waals surface area contributed by atoms with Crippen LogP contribution in [0.15, 0.2) is 22.7 Å². The Morgan fingerprint density at radius 2 is 2.28 bits per heavy atom. The van der Waals surface area contributed by atoms with Crippen molar-refractivity contribution in [1.29, 1.82) is 0 Å². The molecule has 18 heavy (non-hydrogen) atoms. The van der Waals surface area contributed by atoms with Crippen LogP contribution in [0.2, 0.25) is 4.47 Å². The summed E-state index contributed by atoms with van der Waals surface area (Å²) in [5, 5.41) is 10.4. The van der Waals surface area contributed by atoms with E-state index in [9.17, 15) is 4.79 Å². The minimum absolute atomic E-state index is 0.255. The SMILES string of the molecule is CCc1cc(Br)ccc1NC(=O)c1nnc(Cl)s1. The molecule has 1 amide bonds. The molecule has 0 saturated carbocycles. The first-order valence-electron chi connectivity index (χ1n) is 5.19. The second-order valence-electron chi connectivity index (χ2n) is 3.47. The summed E-state index contributed by atoms with van der Waals surface area (Å²) in [4.78, 5) is 11.9. The third-order valence-electron chi connectivity index (χ3n) is 2.29. The lowest BCUT2D eigenvalue weighted by molar-refractivity contribution is 0.102. The topological polar surface area (TPSA) is 54.9 Å². The third-order valence-corrected chi connectivity index (χ3v) is 3.80. The largest absolute Gasteiger partial charge is 0.320 e. The molecule has 94 valence electrons. The zero-order valence-electron chi connectivity index (χ0n) is 9.41. The average Bonchev–Trinajstić information content (AvgIpc) is 2.78. The van der Waals surface area contributed by atoms with Crippen LogP contribution in [0.4, 0.5) is 5.69 Å². The van der Waals surface area contributed by atoms with Crippen molar-refractivity contribution in [3.8, 4) is 0 Å². The number of carbonyl (C=O) groups is 1. The van der Waals surface area contributed by atoms with Crippen molar-refractivity contribution in [3.63, 3.8) is 0 Å². The molecule has 1 aromatic carbocycles. The number of aromatic nitrogens is 2. The number of hydrogen-bond donors (Lipinski definition) is 1. The predicted molar refractivity (Wildman–Crippen MR) is 76.4 cm³/mol. The van der Waals surface area contributed by atoms with Crippen molar-refractivity contribution < 1.29 is 4.79 Å². The van der Waals surface area contributed by atoms with Crippen LogP contribution in [0, 0.1) is 0 Å². The maximum atomic E-state index is 11.9. The summed E-state index contributed by atoms with van der Waals surface area (Å²) in [6.07, 6.45) is 0.825. The molecule has 2 aromatic rings. The first kappa shape index (κ1) is 13.5. The highest BCUT2D eigenvalue weighted by atomic mass is 79.9. The van der Waals surface area contributed by atoms with Crippen LogP contribution in [-0.2, 0) is 6.42 Å². The molecule has 7 heteroatoms. The minimum Gasteiger partial charge on any atom is -0.320 e. The van der Waals surface area contributed by atoms with Gasteiger partial charge in [0.1, 0.15) is 0 Å². The summed E-state index contributed by atoms with van der Waals surface area (Å²) in [5.41, 5.74) is 1.82. The third kappa shape index (κ3) is 3.07. The lowest BCUT2D eigenvalue weighted by Gasteiger charge is -2.08. The summed E-state index contributed by atoms with van der Waals surface area (Å²) < 4.78 is 1.24. The van der Waals surface area contributed by atoms with E-state index in [0.29, 0.717) is 0 Å². The molecule has 0 spiro atoms. The van der Waals surface area contributed by atoms with Gasteiger partial charge in [-0.05, 0) is 41.8 Å². The highest BCUT2D eigenvalue weighted by Crippen LogP contribution is 2.23. The molecule has 0 bridgehead atoms. The van der Waals surface area contributed by atoms with Crippen molar-refractivity contribution in [1.82, 2.24) is 10.2 Å². The van der Waals surface area contributed by atoms with Gasteiger partial charge in [-0.15, -0.1) is 10.2 Å². The molecule has 0 saturated heterocycles. The highest BCUT2D eigenvalue weighted by molar-refractivity contribution is 9.10. The summed E-state index contributed by atoms with van der Waals surface area (Å²) in [6.45, 7) is 2.03. The Morgan fingerprint density at radius 3 is 2.89 bits per heavy atom. The fourth-order valence-electron chi connectivity index (χ4n) is 1.45. The Balaban J connectivity index is 2.21. The Hall–Kier alpha value is -0.980. The quantitative estimate of drug-likeness (QED) is 0.920. The molecule has 0 atom stereocenters. The Morgan fingerprint density at radius 1 is 1.50 bits per heavy atom. The van der Waals surface area contributed by atoms with Crippen LogP contribution >= 0.6 is 38.9 Å². The molecule has 0 fully saturated rings. The van der Waals surface area contributed by atoms with Gasteiger partial charge in [0.15, 0.2) is 0 Å². The van der Waals surface area contributed by atoms with E-state index in [-0.39, 0.29) is 15.4 Å². The van der Waals surface area contributed by atoms with Gasteiger partial charge in [-0.25, -0.2) is 0 Å². The van der Waals surface area contributed by atoms with Gasteiger partial charge in [0.05, 0.1) is 0 Å². The number of anilines is 1. The lowest BCUT2D eigenvalue weighted by atomic mass is 10.1. The van der Waals surface area contributed by atoms with Crippen LogP contribution in [0.3, 0.4) is 0 Å². The number of nitrogens with zero attached hydrogens (tertiary/aromatic N) is 2. The van der Waals surface area contributed by atoms with Gasteiger partial charge >= 0.3 is 0 Å². The molecule has 2 rings (SSSR count). The van der Waals surface area contributed by atoms with E-state index in [4.69, 9.17) is 11.6 Å². The maximum Gasteiger partial charge on any atom is 0.286 e. The standard InChI is InChI=1S/C11H9BrClN3OS/c1-2-6-5-7(12)3-4-8(6)14-9(17)10-15-16-11(13)18-10/h3-5H,2H2,1H3,(H,14,17). The zero-order valence-corrected chi connectivity index (χ0v) is 12.6. The molecule has 0 aliphatic carbocycles. The molecule has 1 heterocycles. The van der Waals surface area contributed by atoms with E-state index in [2.05, 4.69) is 31.4 Å². The number of aryl methyl sites for hydroxylation is 1. The van der Waals surface area contributed by atoms with E-state index in [1.54, 1.807) is 0 Å². The highest BCUT2D eigenvalue weighted by Gasteiger charge is 2.13. The first-order chi connectivity index (χ1) is 8.60. The van der Waals surface area contributed by atoms with Gasteiger partial charge in [-0.1, -0.05) is 34.2 Å². The average molecular weight is 347 g/mol. The lowest BCUT2D eigenvalue weighted by Crippen LogP contribution is -2.13. The number of halogens is 2.